The van der Waals surface area contributed by atoms with Gasteiger partial charge in [-0.2, -0.15) is 0 Å². The SMILES string of the molecule is CNC1C=CC(COC2C3Oc4c(cc5c(c4OCC(O)CC=O)C(=O)c4cc(CO)ccc4C5=O)C(c4ccccc4N4CNC5C(=O)NC(N)NC54)C(CCCO)COCC(O3)C(O)C2O)C2=CCNC(N)=C21. The molecule has 22 nitrogen and oxygen atoms in total. The number of para-hydroxylation sites is 1. The van der Waals surface area contributed by atoms with Gasteiger partial charge in [0.1, 0.15) is 61.6 Å². The fourth-order valence-electron chi connectivity index (χ4n) is 11.5. The van der Waals surface area contributed by atoms with Gasteiger partial charge in [-0.1, -0.05) is 42.5 Å². The van der Waals surface area contributed by atoms with Gasteiger partial charge in [0.2, 0.25) is 12.2 Å². The van der Waals surface area contributed by atoms with Crippen LogP contribution in [0, 0.1) is 11.8 Å². The second-order valence-corrected chi connectivity index (χ2v) is 19.8. The molecule has 5 aliphatic heterocycles. The first-order valence-electron chi connectivity index (χ1n) is 25.3. The summed E-state index contributed by atoms with van der Waals surface area (Å²) in [5, 5.41) is 71.4. The van der Waals surface area contributed by atoms with E-state index in [9.17, 15) is 35.1 Å². The summed E-state index contributed by atoms with van der Waals surface area (Å²) in [6.07, 6.45) is -3.72. The minimum Gasteiger partial charge on any atom is -0.486 e. The van der Waals surface area contributed by atoms with E-state index in [0.29, 0.717) is 41.9 Å². The Labute approximate surface area is 432 Å². The maximum atomic E-state index is 15.2. The molecule has 13 atom stereocenters. The third-order valence-corrected chi connectivity index (χ3v) is 15.2. The van der Waals surface area contributed by atoms with Crippen molar-refractivity contribution in [3.05, 3.63) is 123 Å². The highest BCUT2D eigenvalue weighted by atomic mass is 16.7. The molecule has 3 aromatic rings. The topological polar surface area (TPSA) is 331 Å². The van der Waals surface area contributed by atoms with Crippen LogP contribution >= 0.6 is 0 Å². The average molecular weight is 1040 g/mol. The zero-order chi connectivity index (χ0) is 52.7. The van der Waals surface area contributed by atoms with Gasteiger partial charge in [0.15, 0.2) is 23.1 Å². The van der Waals surface area contributed by atoms with Crippen LogP contribution in [0.4, 0.5) is 5.69 Å². The number of aliphatic hydroxyl groups excluding tert-OH is 5. The zero-order valence-corrected chi connectivity index (χ0v) is 41.2. The number of hydrogen-bond donors (Lipinski definition) is 12. The fraction of sp³-hybridized carbons (Fsp3) is 0.472. The highest BCUT2D eigenvalue weighted by Crippen LogP contribution is 2.52. The number of amides is 1. The van der Waals surface area contributed by atoms with Crippen LogP contribution in [0.15, 0.2) is 83.7 Å². The Bertz CT molecular complexity index is 2790. The van der Waals surface area contributed by atoms with E-state index in [1.807, 2.05) is 54.4 Å². The smallest absolute Gasteiger partial charge is 0.242 e. The summed E-state index contributed by atoms with van der Waals surface area (Å²) < 4.78 is 33.4. The molecule has 400 valence electrons. The van der Waals surface area contributed by atoms with Crippen molar-refractivity contribution in [3.63, 3.8) is 0 Å². The van der Waals surface area contributed by atoms with Crippen LogP contribution in [0.3, 0.4) is 0 Å². The first-order chi connectivity index (χ1) is 36.3. The van der Waals surface area contributed by atoms with Crippen LogP contribution < -0.4 is 52.4 Å². The normalized spacial score (nSPS) is 30.5. The highest BCUT2D eigenvalue weighted by molar-refractivity contribution is 6.29. The number of dihydropyridines is 1. The molecule has 3 fully saturated rings. The highest BCUT2D eigenvalue weighted by Gasteiger charge is 2.50. The van der Waals surface area contributed by atoms with Crippen LogP contribution in [0.1, 0.15) is 73.7 Å². The number of carbonyl (C=O) groups is 4. The Balaban J connectivity index is 1.18. The predicted molar refractivity (Wildman–Crippen MR) is 268 cm³/mol. The van der Waals surface area contributed by atoms with Crippen molar-refractivity contribution in [1.29, 1.82) is 0 Å². The van der Waals surface area contributed by atoms with Crippen LogP contribution in [0.25, 0.3) is 0 Å². The number of likely N-dealkylation sites (N-methyl/N-ethyl adjacent to an activating group) is 1. The Morgan fingerprint density at radius 3 is 2.61 bits per heavy atom. The molecular formula is C53H64N8O14. The first-order valence-corrected chi connectivity index (χ1v) is 25.3. The van der Waals surface area contributed by atoms with Gasteiger partial charge in [0, 0.05) is 64.9 Å². The van der Waals surface area contributed by atoms with Crippen LogP contribution in [0.5, 0.6) is 11.5 Å². The molecule has 3 aromatic carbocycles. The third kappa shape index (κ3) is 9.86. The Morgan fingerprint density at radius 2 is 1.83 bits per heavy atom. The molecule has 13 unspecified atom stereocenters. The summed E-state index contributed by atoms with van der Waals surface area (Å²) in [6, 6.07) is 12.5. The molecule has 10 rings (SSSR count). The summed E-state index contributed by atoms with van der Waals surface area (Å²) >= 11 is 0. The lowest BCUT2D eigenvalue weighted by atomic mass is 9.74. The van der Waals surface area contributed by atoms with Gasteiger partial charge in [-0.25, -0.2) is 0 Å². The fourth-order valence-corrected chi connectivity index (χ4v) is 11.5. The summed E-state index contributed by atoms with van der Waals surface area (Å²) in [5.74, 6) is -3.37. The first kappa shape index (κ1) is 52.3. The molecule has 1 amide bonds. The van der Waals surface area contributed by atoms with Gasteiger partial charge in [0.25, 0.3) is 0 Å². The standard InChI is InChI=1S/C53H64N8O14/c1-56-35-11-9-26(29-12-14-57-49(54)39(29)35)21-72-48-45(69)44(68)37-23-71-20-27(5-4-15-62)38(31-6-2-3-7-36(31)61-24-58-41-50(61)59-53(55)60-51(41)70)34-18-33-40(43(67)32-17-25(19-64)8-10-30(32)42(33)66)47(46(34)75-52(48)74-37)73-22-28(65)13-16-63/h2-3,6-12,16-18,26-28,35,37-38,41,44-45,48,50,52-53,56-59,62,64-65,68-69H,4-5,13-15,19-24,54-55H2,1H3,(H,60,70). The Morgan fingerprint density at radius 1 is 1.00 bits per heavy atom. The van der Waals surface area contributed by atoms with Crippen molar-refractivity contribution in [2.75, 3.05) is 58.2 Å². The largest absolute Gasteiger partial charge is 0.486 e. The maximum Gasteiger partial charge on any atom is 0.242 e. The third-order valence-electron chi connectivity index (χ3n) is 15.2. The van der Waals surface area contributed by atoms with Crippen molar-refractivity contribution in [2.45, 2.75) is 93.1 Å². The van der Waals surface area contributed by atoms with Crippen molar-refractivity contribution in [1.82, 2.24) is 26.6 Å². The lowest BCUT2D eigenvalue weighted by Gasteiger charge is -2.43. The molecule has 2 aliphatic carbocycles. The summed E-state index contributed by atoms with van der Waals surface area (Å²) in [5.41, 5.74) is 16.1. The van der Waals surface area contributed by atoms with E-state index in [1.165, 1.54) is 12.1 Å². The summed E-state index contributed by atoms with van der Waals surface area (Å²) in [7, 11) is 1.82. The summed E-state index contributed by atoms with van der Waals surface area (Å²) in [6.45, 7) is -0.899. The molecule has 3 saturated heterocycles. The van der Waals surface area contributed by atoms with E-state index >= 15 is 9.59 Å². The number of ether oxygens (including phenoxy) is 5. The zero-order valence-electron chi connectivity index (χ0n) is 41.2. The molecule has 0 spiro atoms. The number of carbonyl (C=O) groups excluding carboxylic acids is 4. The second kappa shape index (κ2) is 22.2. The second-order valence-electron chi connectivity index (χ2n) is 19.8. The molecule has 5 heterocycles. The molecule has 14 N–H and O–H groups in total. The van der Waals surface area contributed by atoms with Crippen molar-refractivity contribution in [2.24, 2.45) is 23.3 Å². The molecule has 0 radical (unpaired) electrons. The average Bonchev–Trinajstić information content (AvgIpc) is 3.84. The number of hydrogen-bond acceptors (Lipinski definition) is 21. The van der Waals surface area contributed by atoms with E-state index in [4.69, 9.17) is 35.2 Å². The molecule has 2 bridgehead atoms. The Kier molecular flexibility index (Phi) is 15.5. The molecule has 7 aliphatic rings. The molecule has 0 aromatic heterocycles. The lowest BCUT2D eigenvalue weighted by molar-refractivity contribution is -0.290. The molecular weight excluding hydrogens is 973 g/mol. The number of nitrogens with zero attached hydrogens (tertiary/aromatic N) is 1. The predicted octanol–water partition coefficient (Wildman–Crippen LogP) is -1.46. The van der Waals surface area contributed by atoms with E-state index < -0.39 is 91.9 Å². The van der Waals surface area contributed by atoms with Crippen molar-refractivity contribution >= 4 is 29.4 Å². The van der Waals surface area contributed by atoms with Crippen molar-refractivity contribution in [3.8, 4) is 11.5 Å². The maximum absolute atomic E-state index is 15.2. The lowest BCUT2D eigenvalue weighted by Crippen LogP contribution is -2.70. The quantitative estimate of drug-likeness (QED) is 0.0478. The van der Waals surface area contributed by atoms with Gasteiger partial charge in [-0.3, -0.25) is 30.8 Å². The number of anilines is 1. The van der Waals surface area contributed by atoms with Crippen molar-refractivity contribution < 1.29 is 68.4 Å². The number of nitrogens with one attached hydrogen (secondary N) is 5. The number of aldehydes is 1. The van der Waals surface area contributed by atoms with Gasteiger partial charge in [-0.15, -0.1) is 0 Å². The number of fused-ring (bicyclic) bond motifs is 7. The minimum absolute atomic E-state index is 0.0283. The number of ketones is 2. The van der Waals surface area contributed by atoms with Gasteiger partial charge >= 0.3 is 0 Å². The van der Waals surface area contributed by atoms with E-state index in [1.54, 1.807) is 12.1 Å². The number of rotatable bonds is 15. The molecule has 75 heavy (non-hydrogen) atoms. The number of nitrogens with two attached hydrogens (primary N) is 2. The molecule has 0 saturated carbocycles. The van der Waals surface area contributed by atoms with Gasteiger partial charge < -0.3 is 80.6 Å². The molecule has 22 heteroatoms. The number of aliphatic hydroxyl groups is 5. The summed E-state index contributed by atoms with van der Waals surface area (Å²) in [4.78, 5) is 57.3. The Hall–Kier alpha value is -6.12. The van der Waals surface area contributed by atoms with Gasteiger partial charge in [0.05, 0.1) is 50.8 Å². The van der Waals surface area contributed by atoms with E-state index in [2.05, 4.69) is 26.6 Å². The van der Waals surface area contributed by atoms with E-state index in [-0.39, 0.29) is 103 Å². The van der Waals surface area contributed by atoms with Crippen LogP contribution in [-0.2, 0) is 30.4 Å². The van der Waals surface area contributed by atoms with Crippen LogP contribution in [-0.4, -0.2) is 164 Å². The van der Waals surface area contributed by atoms with Crippen LogP contribution in [0.2, 0.25) is 0 Å². The monoisotopic (exact) mass is 1040 g/mol. The van der Waals surface area contributed by atoms with Gasteiger partial charge in [-0.05, 0) is 66.8 Å². The van der Waals surface area contributed by atoms with E-state index in [0.717, 1.165) is 11.1 Å². The number of benzene rings is 3. The minimum atomic E-state index is -1.66.